The number of rotatable bonds is 4. The summed E-state index contributed by atoms with van der Waals surface area (Å²) in [5.41, 5.74) is 5.61. The standard InChI is InChI=1S/C27H28N6O2/c1-32-10-12-33(13-11-32)20-4-2-3-19(16-20)30-25-8-7-21-23(17-29-26(21)31-25)18-5-6-22-24(15-18)35-14-9-28-27(22)34/h2-8,15-17H,9-14H2,1H3,(H,28,34)(H2,29,30,31). The summed E-state index contributed by atoms with van der Waals surface area (Å²) in [5.74, 6) is 1.29. The van der Waals surface area contributed by atoms with Gasteiger partial charge in [-0.15, -0.1) is 0 Å². The van der Waals surface area contributed by atoms with Crippen molar-refractivity contribution in [3.63, 3.8) is 0 Å². The smallest absolute Gasteiger partial charge is 0.255 e. The molecule has 2 aliphatic rings. The molecule has 2 aromatic carbocycles. The molecule has 0 unspecified atom stereocenters. The molecule has 4 heterocycles. The molecule has 0 radical (unpaired) electrons. The fourth-order valence-corrected chi connectivity index (χ4v) is 4.72. The molecule has 2 aliphatic heterocycles. The minimum atomic E-state index is -0.1000. The highest BCUT2D eigenvalue weighted by atomic mass is 16.5. The Morgan fingerprint density at radius 2 is 1.89 bits per heavy atom. The highest BCUT2D eigenvalue weighted by Gasteiger charge is 2.18. The molecule has 4 aromatic rings. The summed E-state index contributed by atoms with van der Waals surface area (Å²) in [6.45, 7) is 5.20. The van der Waals surface area contributed by atoms with Gasteiger partial charge in [0.25, 0.3) is 5.91 Å². The Kier molecular flexibility index (Phi) is 5.50. The number of hydrogen-bond donors (Lipinski definition) is 3. The number of carbonyl (C=O) groups excluding carboxylic acids is 1. The number of aromatic nitrogens is 2. The van der Waals surface area contributed by atoms with Crippen LogP contribution in [0.4, 0.5) is 17.2 Å². The molecule has 6 rings (SSSR count). The van der Waals surface area contributed by atoms with Gasteiger partial charge < -0.3 is 30.2 Å². The van der Waals surface area contributed by atoms with Crippen molar-refractivity contribution < 1.29 is 9.53 Å². The summed E-state index contributed by atoms with van der Waals surface area (Å²) < 4.78 is 5.79. The lowest BCUT2D eigenvalue weighted by Gasteiger charge is -2.34. The van der Waals surface area contributed by atoms with Crippen LogP contribution in [0.25, 0.3) is 22.2 Å². The molecule has 1 fully saturated rings. The lowest BCUT2D eigenvalue weighted by atomic mass is 10.0. The number of nitrogens with one attached hydrogen (secondary N) is 3. The summed E-state index contributed by atoms with van der Waals surface area (Å²) in [6, 6.07) is 18.3. The third kappa shape index (κ3) is 4.28. The fraction of sp³-hybridized carbons (Fsp3) is 0.259. The van der Waals surface area contributed by atoms with Gasteiger partial charge in [-0.25, -0.2) is 4.98 Å². The number of amides is 1. The molecule has 1 saturated heterocycles. The number of nitrogens with zero attached hydrogens (tertiary/aromatic N) is 3. The largest absolute Gasteiger partial charge is 0.491 e. The van der Waals surface area contributed by atoms with Crippen LogP contribution >= 0.6 is 0 Å². The molecular weight excluding hydrogens is 440 g/mol. The van der Waals surface area contributed by atoms with Gasteiger partial charge in [0.1, 0.15) is 23.8 Å². The van der Waals surface area contributed by atoms with Crippen LogP contribution in [0.3, 0.4) is 0 Å². The maximum Gasteiger partial charge on any atom is 0.255 e. The molecule has 0 saturated carbocycles. The van der Waals surface area contributed by atoms with Crippen molar-refractivity contribution in [2.24, 2.45) is 0 Å². The number of ether oxygens (including phenoxy) is 1. The number of anilines is 3. The van der Waals surface area contributed by atoms with Gasteiger partial charge in [0, 0.05) is 54.7 Å². The van der Waals surface area contributed by atoms with Crippen molar-refractivity contribution in [2.75, 3.05) is 56.6 Å². The summed E-state index contributed by atoms with van der Waals surface area (Å²) >= 11 is 0. The molecule has 3 N–H and O–H groups in total. The van der Waals surface area contributed by atoms with E-state index in [0.29, 0.717) is 24.5 Å². The average molecular weight is 469 g/mol. The van der Waals surface area contributed by atoms with E-state index in [1.165, 1.54) is 5.69 Å². The van der Waals surface area contributed by atoms with E-state index in [1.807, 2.05) is 30.5 Å². The van der Waals surface area contributed by atoms with Crippen LogP contribution in [-0.4, -0.2) is 67.2 Å². The second kappa shape index (κ2) is 8.96. The Hall–Kier alpha value is -4.04. The molecular formula is C27H28N6O2. The van der Waals surface area contributed by atoms with Crippen molar-refractivity contribution in [1.82, 2.24) is 20.2 Å². The molecule has 178 valence electrons. The van der Waals surface area contributed by atoms with Crippen molar-refractivity contribution >= 4 is 34.1 Å². The second-order valence-corrected chi connectivity index (χ2v) is 9.08. The quantitative estimate of drug-likeness (QED) is 0.422. The normalized spacial score (nSPS) is 16.4. The molecule has 1 amide bonds. The lowest BCUT2D eigenvalue weighted by molar-refractivity contribution is 0.0957. The molecule has 8 nitrogen and oxygen atoms in total. The van der Waals surface area contributed by atoms with Crippen LogP contribution in [0, 0.1) is 0 Å². The Morgan fingerprint density at radius 1 is 1.00 bits per heavy atom. The maximum absolute atomic E-state index is 12.2. The highest BCUT2D eigenvalue weighted by Crippen LogP contribution is 2.33. The first-order valence-electron chi connectivity index (χ1n) is 12.0. The predicted octanol–water partition coefficient (Wildman–Crippen LogP) is 3.85. The number of carbonyl (C=O) groups is 1. The minimum absolute atomic E-state index is 0.1000. The van der Waals surface area contributed by atoms with E-state index in [9.17, 15) is 4.79 Å². The van der Waals surface area contributed by atoms with Crippen molar-refractivity contribution in [1.29, 1.82) is 0 Å². The Labute approximate surface area is 203 Å². The van der Waals surface area contributed by atoms with Gasteiger partial charge in [-0.2, -0.15) is 0 Å². The maximum atomic E-state index is 12.2. The van der Waals surface area contributed by atoms with Gasteiger partial charge in [0.05, 0.1) is 12.1 Å². The summed E-state index contributed by atoms with van der Waals surface area (Å²) in [7, 11) is 2.17. The van der Waals surface area contributed by atoms with Gasteiger partial charge in [-0.1, -0.05) is 12.1 Å². The number of fused-ring (bicyclic) bond motifs is 2. The zero-order chi connectivity index (χ0) is 23.8. The third-order valence-corrected chi connectivity index (χ3v) is 6.71. The molecule has 0 atom stereocenters. The lowest BCUT2D eigenvalue weighted by Crippen LogP contribution is -2.44. The first kappa shape index (κ1) is 21.5. The van der Waals surface area contributed by atoms with Crippen LogP contribution in [0.2, 0.25) is 0 Å². The average Bonchev–Trinajstić information content (AvgIpc) is 3.21. The van der Waals surface area contributed by atoms with Crippen LogP contribution in [0.5, 0.6) is 5.75 Å². The van der Waals surface area contributed by atoms with E-state index in [-0.39, 0.29) is 5.91 Å². The topological polar surface area (TPSA) is 85.5 Å². The highest BCUT2D eigenvalue weighted by molar-refractivity contribution is 5.99. The molecule has 0 bridgehead atoms. The summed E-state index contributed by atoms with van der Waals surface area (Å²) in [4.78, 5) is 25.1. The molecule has 0 spiro atoms. The van der Waals surface area contributed by atoms with E-state index in [1.54, 1.807) is 0 Å². The van der Waals surface area contributed by atoms with Gasteiger partial charge in [0.15, 0.2) is 0 Å². The number of benzene rings is 2. The third-order valence-electron chi connectivity index (χ3n) is 6.71. The van der Waals surface area contributed by atoms with Crippen LogP contribution in [-0.2, 0) is 0 Å². The zero-order valence-corrected chi connectivity index (χ0v) is 19.7. The molecule has 35 heavy (non-hydrogen) atoms. The van der Waals surface area contributed by atoms with E-state index in [0.717, 1.165) is 59.8 Å². The van der Waals surface area contributed by atoms with E-state index in [4.69, 9.17) is 9.72 Å². The van der Waals surface area contributed by atoms with Crippen LogP contribution in [0.1, 0.15) is 10.4 Å². The van der Waals surface area contributed by atoms with Gasteiger partial charge >= 0.3 is 0 Å². The fourth-order valence-electron chi connectivity index (χ4n) is 4.72. The number of hydrogen-bond acceptors (Lipinski definition) is 6. The number of aromatic amines is 1. The predicted molar refractivity (Wildman–Crippen MR) is 139 cm³/mol. The second-order valence-electron chi connectivity index (χ2n) is 9.08. The number of piperazine rings is 1. The minimum Gasteiger partial charge on any atom is -0.491 e. The number of likely N-dealkylation sites (N-methyl/N-ethyl adjacent to an activating group) is 1. The van der Waals surface area contributed by atoms with Gasteiger partial charge in [0.2, 0.25) is 0 Å². The van der Waals surface area contributed by atoms with Crippen molar-refractivity contribution in [3.8, 4) is 16.9 Å². The molecule has 0 aliphatic carbocycles. The number of H-pyrrole nitrogens is 1. The van der Waals surface area contributed by atoms with E-state index >= 15 is 0 Å². The van der Waals surface area contributed by atoms with Crippen molar-refractivity contribution in [3.05, 3.63) is 66.4 Å². The summed E-state index contributed by atoms with van der Waals surface area (Å²) in [5, 5.41) is 7.31. The zero-order valence-electron chi connectivity index (χ0n) is 19.7. The number of pyridine rings is 1. The molecule has 2 aromatic heterocycles. The van der Waals surface area contributed by atoms with Crippen LogP contribution < -0.4 is 20.3 Å². The monoisotopic (exact) mass is 468 g/mol. The SMILES string of the molecule is CN1CCN(c2cccc(Nc3ccc4c(-c5ccc6c(c5)OCCNC6=O)c[nH]c4n3)c2)CC1. The molecule has 8 heteroatoms. The van der Waals surface area contributed by atoms with Gasteiger partial charge in [-0.3, -0.25) is 4.79 Å². The Bertz CT molecular complexity index is 1390. The summed E-state index contributed by atoms with van der Waals surface area (Å²) in [6.07, 6.45) is 1.95. The van der Waals surface area contributed by atoms with Gasteiger partial charge in [-0.05, 0) is 55.1 Å². The first-order valence-corrected chi connectivity index (χ1v) is 12.0. The van der Waals surface area contributed by atoms with E-state index < -0.39 is 0 Å². The van der Waals surface area contributed by atoms with Crippen molar-refractivity contribution in [2.45, 2.75) is 0 Å². The first-order chi connectivity index (χ1) is 17.1. The van der Waals surface area contributed by atoms with Crippen LogP contribution in [0.15, 0.2) is 60.8 Å². The Morgan fingerprint density at radius 3 is 2.77 bits per heavy atom. The van der Waals surface area contributed by atoms with E-state index in [2.05, 4.69) is 62.8 Å². The Balaban J connectivity index is 1.24.